The number of hydrogen-bond acceptors (Lipinski definition) is 5. The van der Waals surface area contributed by atoms with Crippen LogP contribution < -0.4 is 10.3 Å². The van der Waals surface area contributed by atoms with Crippen LogP contribution in [-0.2, 0) is 16.0 Å². The molecule has 1 aromatic heterocycles. The zero-order valence-electron chi connectivity index (χ0n) is 16.5. The van der Waals surface area contributed by atoms with Crippen LogP contribution in [0.4, 0.5) is 5.69 Å². The molecule has 2 fully saturated rings. The summed E-state index contributed by atoms with van der Waals surface area (Å²) in [6.45, 7) is 11.8. The van der Waals surface area contributed by atoms with E-state index in [9.17, 15) is 4.79 Å². The molecule has 0 bridgehead atoms. The Labute approximate surface area is 160 Å². The minimum absolute atomic E-state index is 0.142. The molecule has 1 aromatic carbocycles. The van der Waals surface area contributed by atoms with E-state index in [-0.39, 0.29) is 17.6 Å². The molecule has 2 aliphatic rings. The van der Waals surface area contributed by atoms with Crippen molar-refractivity contribution >= 4 is 16.6 Å². The molecule has 146 valence electrons. The second-order valence-electron chi connectivity index (χ2n) is 7.84. The number of hydrogen-bond donors (Lipinski definition) is 1. The van der Waals surface area contributed by atoms with Crippen LogP contribution in [0.2, 0.25) is 0 Å². The third kappa shape index (κ3) is 3.88. The topological polar surface area (TPSA) is 57.8 Å². The third-order valence-electron chi connectivity index (χ3n) is 5.55. The first-order chi connectivity index (χ1) is 13.0. The van der Waals surface area contributed by atoms with Crippen LogP contribution in [-0.4, -0.2) is 61.5 Å². The molecule has 0 radical (unpaired) electrons. The molecule has 0 saturated carbocycles. The molecule has 3 heterocycles. The number of rotatable bonds is 3. The van der Waals surface area contributed by atoms with Gasteiger partial charge in [0.2, 0.25) is 0 Å². The molecule has 6 nitrogen and oxygen atoms in total. The van der Waals surface area contributed by atoms with Gasteiger partial charge in [0.25, 0.3) is 0 Å². The molecule has 1 N–H and O–H groups in total. The number of benzene rings is 1. The van der Waals surface area contributed by atoms with Crippen LogP contribution in [0.1, 0.15) is 25.1 Å². The molecule has 0 spiro atoms. The summed E-state index contributed by atoms with van der Waals surface area (Å²) in [6.07, 6.45) is 0.392. The number of nitrogens with one attached hydrogen (secondary N) is 1. The first-order valence-corrected chi connectivity index (χ1v) is 9.87. The molecular weight excluding hydrogens is 342 g/mol. The van der Waals surface area contributed by atoms with Crippen molar-refractivity contribution in [2.45, 2.75) is 39.5 Å². The SMILES string of the molecule is Cc1[nH]c2ccc(N3CCOCC3)cc2c(=O)c1CN1C[C@@H](C)O[C@@H](C)C1. The van der Waals surface area contributed by atoms with Crippen molar-refractivity contribution in [2.75, 3.05) is 44.3 Å². The van der Waals surface area contributed by atoms with E-state index in [2.05, 4.69) is 34.7 Å². The van der Waals surface area contributed by atoms with Crippen LogP contribution in [0.15, 0.2) is 23.0 Å². The highest BCUT2D eigenvalue weighted by molar-refractivity contribution is 5.83. The first kappa shape index (κ1) is 18.5. The summed E-state index contributed by atoms with van der Waals surface area (Å²) in [5.41, 5.74) is 3.96. The highest BCUT2D eigenvalue weighted by atomic mass is 16.5. The summed E-state index contributed by atoms with van der Waals surface area (Å²) in [5.74, 6) is 0. The van der Waals surface area contributed by atoms with Crippen LogP contribution in [0, 0.1) is 6.92 Å². The quantitative estimate of drug-likeness (QED) is 0.897. The van der Waals surface area contributed by atoms with E-state index in [0.717, 1.165) is 67.2 Å². The summed E-state index contributed by atoms with van der Waals surface area (Å²) >= 11 is 0. The fourth-order valence-electron chi connectivity index (χ4n) is 4.29. The number of ether oxygens (including phenoxy) is 2. The predicted octanol–water partition coefficient (Wildman–Crippen LogP) is 2.28. The standard InChI is InChI=1S/C21H29N3O3/c1-14-11-23(12-15(2)27-14)13-19-16(3)22-20-5-4-17(10-18(20)21(19)25)24-6-8-26-9-7-24/h4-5,10,14-15H,6-9,11-13H2,1-3H3,(H,22,25)/t14-,15+. The van der Waals surface area contributed by atoms with E-state index in [0.29, 0.717) is 6.54 Å². The Balaban J connectivity index is 1.67. The fourth-order valence-corrected chi connectivity index (χ4v) is 4.29. The summed E-state index contributed by atoms with van der Waals surface area (Å²) in [6, 6.07) is 6.15. The molecular formula is C21H29N3O3. The molecule has 2 atom stereocenters. The molecule has 0 unspecified atom stereocenters. The van der Waals surface area contributed by atoms with E-state index >= 15 is 0 Å². The maximum atomic E-state index is 13.3. The molecule has 6 heteroatoms. The number of nitrogens with zero attached hydrogens (tertiary/aromatic N) is 2. The molecule has 2 saturated heterocycles. The summed E-state index contributed by atoms with van der Waals surface area (Å²) < 4.78 is 11.3. The van der Waals surface area contributed by atoms with E-state index < -0.39 is 0 Å². The predicted molar refractivity (Wildman–Crippen MR) is 108 cm³/mol. The Bertz CT molecular complexity index is 863. The van der Waals surface area contributed by atoms with Gasteiger partial charge in [0.1, 0.15) is 0 Å². The average Bonchev–Trinajstić information content (AvgIpc) is 2.65. The monoisotopic (exact) mass is 371 g/mol. The molecule has 0 aliphatic carbocycles. The maximum Gasteiger partial charge on any atom is 0.194 e. The van der Waals surface area contributed by atoms with E-state index in [1.54, 1.807) is 0 Å². The van der Waals surface area contributed by atoms with Crippen molar-refractivity contribution in [3.05, 3.63) is 39.7 Å². The van der Waals surface area contributed by atoms with Crippen molar-refractivity contribution in [2.24, 2.45) is 0 Å². The molecule has 0 amide bonds. The highest BCUT2D eigenvalue weighted by Crippen LogP contribution is 2.22. The number of anilines is 1. The van der Waals surface area contributed by atoms with E-state index in [4.69, 9.17) is 9.47 Å². The lowest BCUT2D eigenvalue weighted by Gasteiger charge is -2.35. The van der Waals surface area contributed by atoms with Gasteiger partial charge in [0.15, 0.2) is 5.43 Å². The highest BCUT2D eigenvalue weighted by Gasteiger charge is 2.24. The van der Waals surface area contributed by atoms with Gasteiger partial charge >= 0.3 is 0 Å². The van der Waals surface area contributed by atoms with Crippen molar-refractivity contribution in [3.63, 3.8) is 0 Å². The number of aromatic amines is 1. The average molecular weight is 371 g/mol. The normalized spacial score (nSPS) is 24.5. The Hall–Kier alpha value is -1.89. The minimum atomic E-state index is 0.142. The lowest BCUT2D eigenvalue weighted by molar-refractivity contribution is -0.0706. The lowest BCUT2D eigenvalue weighted by Crippen LogP contribution is -2.45. The Morgan fingerprint density at radius 3 is 2.56 bits per heavy atom. The van der Waals surface area contributed by atoms with Crippen molar-refractivity contribution in [3.8, 4) is 0 Å². The number of H-pyrrole nitrogens is 1. The number of aryl methyl sites for hydroxylation is 1. The van der Waals surface area contributed by atoms with Gasteiger partial charge in [-0.05, 0) is 39.0 Å². The largest absolute Gasteiger partial charge is 0.378 e. The van der Waals surface area contributed by atoms with Gasteiger partial charge in [-0.2, -0.15) is 0 Å². The van der Waals surface area contributed by atoms with Gasteiger partial charge in [-0.3, -0.25) is 9.69 Å². The van der Waals surface area contributed by atoms with Crippen LogP contribution in [0.5, 0.6) is 0 Å². The van der Waals surface area contributed by atoms with Gasteiger partial charge in [0, 0.05) is 60.6 Å². The van der Waals surface area contributed by atoms with Crippen LogP contribution in [0.25, 0.3) is 10.9 Å². The molecule has 2 aromatic rings. The summed E-state index contributed by atoms with van der Waals surface area (Å²) in [5, 5.41) is 0.772. The zero-order valence-corrected chi connectivity index (χ0v) is 16.5. The number of pyridine rings is 1. The first-order valence-electron chi connectivity index (χ1n) is 9.87. The Morgan fingerprint density at radius 1 is 1.15 bits per heavy atom. The molecule has 4 rings (SSSR count). The van der Waals surface area contributed by atoms with Gasteiger partial charge in [-0.25, -0.2) is 0 Å². The van der Waals surface area contributed by atoms with Crippen molar-refractivity contribution in [1.82, 2.24) is 9.88 Å². The zero-order chi connectivity index (χ0) is 19.0. The van der Waals surface area contributed by atoms with Crippen molar-refractivity contribution in [1.29, 1.82) is 0 Å². The summed E-state index contributed by atoms with van der Waals surface area (Å²) in [7, 11) is 0. The molecule has 27 heavy (non-hydrogen) atoms. The summed E-state index contributed by atoms with van der Waals surface area (Å²) in [4.78, 5) is 21.4. The number of aromatic nitrogens is 1. The minimum Gasteiger partial charge on any atom is -0.378 e. The second kappa shape index (κ2) is 7.62. The fraction of sp³-hybridized carbons (Fsp3) is 0.571. The van der Waals surface area contributed by atoms with Gasteiger partial charge in [-0.15, -0.1) is 0 Å². The molecule has 2 aliphatic heterocycles. The van der Waals surface area contributed by atoms with E-state index in [1.165, 1.54) is 0 Å². The van der Waals surface area contributed by atoms with Crippen molar-refractivity contribution < 1.29 is 9.47 Å². The third-order valence-corrected chi connectivity index (χ3v) is 5.55. The second-order valence-corrected chi connectivity index (χ2v) is 7.84. The Morgan fingerprint density at radius 2 is 1.85 bits per heavy atom. The van der Waals surface area contributed by atoms with E-state index in [1.807, 2.05) is 19.1 Å². The van der Waals surface area contributed by atoms with Crippen LogP contribution >= 0.6 is 0 Å². The van der Waals surface area contributed by atoms with Gasteiger partial charge in [0.05, 0.1) is 25.4 Å². The maximum absolute atomic E-state index is 13.3. The smallest absolute Gasteiger partial charge is 0.194 e. The van der Waals surface area contributed by atoms with Crippen LogP contribution in [0.3, 0.4) is 0 Å². The van der Waals surface area contributed by atoms with Gasteiger partial charge in [-0.1, -0.05) is 0 Å². The number of fused-ring (bicyclic) bond motifs is 1. The Kier molecular flexibility index (Phi) is 5.21. The van der Waals surface area contributed by atoms with Gasteiger partial charge < -0.3 is 19.4 Å². The number of morpholine rings is 2. The lowest BCUT2D eigenvalue weighted by atomic mass is 10.1.